The lowest BCUT2D eigenvalue weighted by Gasteiger charge is -2.10. The highest BCUT2D eigenvalue weighted by atomic mass is 15.1. The van der Waals surface area contributed by atoms with E-state index >= 15 is 0 Å². The summed E-state index contributed by atoms with van der Waals surface area (Å²) in [5.41, 5.74) is 10.9. The van der Waals surface area contributed by atoms with Crippen LogP contribution in [0.15, 0.2) is 42.5 Å². The van der Waals surface area contributed by atoms with Crippen LogP contribution in [-0.4, -0.2) is 29.2 Å². The first-order chi connectivity index (χ1) is 9.63. The molecule has 0 saturated heterocycles. The van der Waals surface area contributed by atoms with Gasteiger partial charge in [0.15, 0.2) is 0 Å². The van der Waals surface area contributed by atoms with Gasteiger partial charge in [0.05, 0.1) is 11.2 Å². The van der Waals surface area contributed by atoms with Gasteiger partial charge in [-0.2, -0.15) is 5.10 Å². The zero-order valence-corrected chi connectivity index (χ0v) is 11.7. The van der Waals surface area contributed by atoms with E-state index in [-0.39, 0.29) is 0 Å². The minimum atomic E-state index is 0.744. The Hall–Kier alpha value is -2.33. The number of nitrogens with one attached hydrogen (secondary N) is 1. The van der Waals surface area contributed by atoms with Gasteiger partial charge in [-0.3, -0.25) is 5.10 Å². The Morgan fingerprint density at radius 3 is 2.80 bits per heavy atom. The van der Waals surface area contributed by atoms with Crippen LogP contribution >= 0.6 is 0 Å². The summed E-state index contributed by atoms with van der Waals surface area (Å²) in [6, 6.07) is 14.3. The third-order valence-electron chi connectivity index (χ3n) is 3.29. The van der Waals surface area contributed by atoms with Crippen LogP contribution in [0.3, 0.4) is 0 Å². The van der Waals surface area contributed by atoms with Gasteiger partial charge >= 0.3 is 0 Å². The number of hydrogen-bond acceptors (Lipinski definition) is 3. The molecule has 0 saturated carbocycles. The van der Waals surface area contributed by atoms with Crippen molar-refractivity contribution in [3.8, 4) is 11.3 Å². The van der Waals surface area contributed by atoms with E-state index in [1.165, 1.54) is 5.56 Å². The van der Waals surface area contributed by atoms with Crippen LogP contribution in [0, 0.1) is 0 Å². The van der Waals surface area contributed by atoms with Crippen molar-refractivity contribution in [3.63, 3.8) is 0 Å². The Kier molecular flexibility index (Phi) is 3.16. The maximum absolute atomic E-state index is 5.80. The lowest BCUT2D eigenvalue weighted by molar-refractivity contribution is 0.402. The predicted octanol–water partition coefficient (Wildman–Crippen LogP) is 2.87. The number of H-pyrrole nitrogens is 1. The average molecular weight is 266 g/mol. The van der Waals surface area contributed by atoms with Crippen molar-refractivity contribution in [1.29, 1.82) is 0 Å². The van der Waals surface area contributed by atoms with Crippen molar-refractivity contribution in [2.24, 2.45) is 0 Å². The van der Waals surface area contributed by atoms with Crippen molar-refractivity contribution in [2.45, 2.75) is 6.54 Å². The fraction of sp³-hybridized carbons (Fsp3) is 0.188. The lowest BCUT2D eigenvalue weighted by Crippen LogP contribution is -2.10. The molecular weight excluding hydrogens is 248 g/mol. The summed E-state index contributed by atoms with van der Waals surface area (Å²) < 4.78 is 0. The molecule has 0 atom stereocenters. The van der Waals surface area contributed by atoms with Gasteiger partial charge in [-0.25, -0.2) is 0 Å². The molecule has 0 aliphatic rings. The maximum Gasteiger partial charge on any atom is 0.0999 e. The van der Waals surface area contributed by atoms with E-state index < -0.39 is 0 Å². The van der Waals surface area contributed by atoms with Gasteiger partial charge in [-0.05, 0) is 43.9 Å². The first kappa shape index (κ1) is 12.7. The fourth-order valence-corrected chi connectivity index (χ4v) is 2.44. The summed E-state index contributed by atoms with van der Waals surface area (Å²) >= 11 is 0. The molecule has 102 valence electrons. The normalized spacial score (nSPS) is 11.3. The SMILES string of the molecule is CN(C)Cc1cccc(-c2n[nH]c3cc(N)ccc23)c1. The number of aromatic amines is 1. The topological polar surface area (TPSA) is 57.9 Å². The van der Waals surface area contributed by atoms with Gasteiger partial charge in [0, 0.05) is 23.2 Å². The van der Waals surface area contributed by atoms with E-state index in [4.69, 9.17) is 5.73 Å². The van der Waals surface area contributed by atoms with Crippen LogP contribution in [0.1, 0.15) is 5.56 Å². The molecule has 4 nitrogen and oxygen atoms in total. The highest BCUT2D eigenvalue weighted by Gasteiger charge is 2.09. The largest absolute Gasteiger partial charge is 0.399 e. The Morgan fingerprint density at radius 1 is 1.15 bits per heavy atom. The molecule has 0 radical (unpaired) electrons. The van der Waals surface area contributed by atoms with E-state index in [1.807, 2.05) is 18.2 Å². The number of hydrogen-bond donors (Lipinski definition) is 2. The molecule has 1 aromatic heterocycles. The van der Waals surface area contributed by atoms with Crippen molar-refractivity contribution in [2.75, 3.05) is 19.8 Å². The lowest BCUT2D eigenvalue weighted by atomic mass is 10.0. The minimum absolute atomic E-state index is 0.744. The number of nitrogens with zero attached hydrogens (tertiary/aromatic N) is 2. The van der Waals surface area contributed by atoms with E-state index in [2.05, 4.69) is 53.5 Å². The Morgan fingerprint density at radius 2 is 2.00 bits per heavy atom. The Labute approximate surface area is 118 Å². The smallest absolute Gasteiger partial charge is 0.0999 e. The van der Waals surface area contributed by atoms with Crippen LogP contribution < -0.4 is 5.73 Å². The predicted molar refractivity (Wildman–Crippen MR) is 83.3 cm³/mol. The van der Waals surface area contributed by atoms with Crippen molar-refractivity contribution in [1.82, 2.24) is 15.1 Å². The summed E-state index contributed by atoms with van der Waals surface area (Å²) in [6.07, 6.45) is 0. The molecule has 0 amide bonds. The second-order valence-corrected chi connectivity index (χ2v) is 5.32. The standard InChI is InChI=1S/C16H18N4/c1-20(2)10-11-4-3-5-12(8-11)16-14-7-6-13(17)9-15(14)18-19-16/h3-9H,10,17H2,1-2H3,(H,18,19). The van der Waals surface area contributed by atoms with Gasteiger partial charge in [0.1, 0.15) is 0 Å². The molecule has 0 unspecified atom stereocenters. The quantitative estimate of drug-likeness (QED) is 0.717. The molecule has 0 spiro atoms. The van der Waals surface area contributed by atoms with Gasteiger partial charge in [0.25, 0.3) is 0 Å². The molecule has 0 aliphatic heterocycles. The molecule has 2 aromatic carbocycles. The number of rotatable bonds is 3. The van der Waals surface area contributed by atoms with Gasteiger partial charge in [-0.1, -0.05) is 18.2 Å². The van der Waals surface area contributed by atoms with E-state index in [1.54, 1.807) is 0 Å². The number of aromatic nitrogens is 2. The molecule has 0 bridgehead atoms. The summed E-state index contributed by atoms with van der Waals surface area (Å²) in [4.78, 5) is 2.16. The molecule has 0 aliphatic carbocycles. The Bertz CT molecular complexity index is 743. The van der Waals surface area contributed by atoms with E-state index in [0.717, 1.165) is 34.4 Å². The highest BCUT2D eigenvalue weighted by Crippen LogP contribution is 2.28. The summed E-state index contributed by atoms with van der Waals surface area (Å²) in [7, 11) is 4.14. The van der Waals surface area contributed by atoms with Gasteiger partial charge in [0.2, 0.25) is 0 Å². The third kappa shape index (κ3) is 2.38. The maximum atomic E-state index is 5.80. The second-order valence-electron chi connectivity index (χ2n) is 5.32. The molecule has 1 heterocycles. The third-order valence-corrected chi connectivity index (χ3v) is 3.29. The molecule has 3 N–H and O–H groups in total. The summed E-state index contributed by atoms with van der Waals surface area (Å²) in [5, 5.41) is 8.58. The van der Waals surface area contributed by atoms with Crippen molar-refractivity contribution >= 4 is 16.6 Å². The zero-order chi connectivity index (χ0) is 14.1. The fourth-order valence-electron chi connectivity index (χ4n) is 2.44. The highest BCUT2D eigenvalue weighted by molar-refractivity contribution is 5.94. The summed E-state index contributed by atoms with van der Waals surface area (Å²) in [6.45, 7) is 0.920. The number of benzene rings is 2. The molecule has 0 fully saturated rings. The Balaban J connectivity index is 2.06. The van der Waals surface area contributed by atoms with E-state index in [9.17, 15) is 0 Å². The van der Waals surface area contributed by atoms with E-state index in [0.29, 0.717) is 0 Å². The minimum Gasteiger partial charge on any atom is -0.399 e. The second kappa shape index (κ2) is 4.98. The number of nitrogens with two attached hydrogens (primary N) is 1. The molecule has 3 rings (SSSR count). The molecule has 3 aromatic rings. The van der Waals surface area contributed by atoms with Gasteiger partial charge in [-0.15, -0.1) is 0 Å². The first-order valence-corrected chi connectivity index (χ1v) is 6.61. The monoisotopic (exact) mass is 266 g/mol. The summed E-state index contributed by atoms with van der Waals surface area (Å²) in [5.74, 6) is 0. The van der Waals surface area contributed by atoms with Crippen LogP contribution in [0.2, 0.25) is 0 Å². The number of anilines is 1. The van der Waals surface area contributed by atoms with Crippen LogP contribution in [0.5, 0.6) is 0 Å². The first-order valence-electron chi connectivity index (χ1n) is 6.61. The average Bonchev–Trinajstić information content (AvgIpc) is 2.81. The zero-order valence-electron chi connectivity index (χ0n) is 11.7. The molecule has 4 heteroatoms. The molecular formula is C16H18N4. The van der Waals surface area contributed by atoms with Gasteiger partial charge < -0.3 is 10.6 Å². The van der Waals surface area contributed by atoms with Crippen LogP contribution in [0.4, 0.5) is 5.69 Å². The van der Waals surface area contributed by atoms with Crippen molar-refractivity contribution in [3.05, 3.63) is 48.0 Å². The number of fused-ring (bicyclic) bond motifs is 1. The number of nitrogen functional groups attached to an aromatic ring is 1. The molecule has 20 heavy (non-hydrogen) atoms. The van der Waals surface area contributed by atoms with Crippen molar-refractivity contribution < 1.29 is 0 Å². The van der Waals surface area contributed by atoms with Crippen LogP contribution in [0.25, 0.3) is 22.2 Å². The van der Waals surface area contributed by atoms with Crippen LogP contribution in [-0.2, 0) is 6.54 Å².